The Labute approximate surface area is 226 Å². The fraction of sp³-hybridized carbons (Fsp3) is 0.172. The molecule has 38 heavy (non-hydrogen) atoms. The van der Waals surface area contributed by atoms with Crippen LogP contribution in [0, 0.1) is 5.82 Å². The molecule has 9 heteroatoms. The molecular formula is C29H22BrFN4O3. The maximum atomic E-state index is 13.7. The number of nitrogens with zero attached hydrogens (tertiary/aromatic N) is 4. The Kier molecular flexibility index (Phi) is 6.25. The highest BCUT2D eigenvalue weighted by molar-refractivity contribution is 9.10. The Morgan fingerprint density at radius 2 is 1.79 bits per heavy atom. The van der Waals surface area contributed by atoms with E-state index < -0.39 is 12.3 Å². The summed E-state index contributed by atoms with van der Waals surface area (Å²) in [4.78, 5) is 30.5. The summed E-state index contributed by atoms with van der Waals surface area (Å²) in [5.74, 6) is -0.727. The van der Waals surface area contributed by atoms with Crippen LogP contribution in [0.4, 0.5) is 4.39 Å². The topological polar surface area (TPSA) is 76.8 Å². The Balaban J connectivity index is 1.36. The van der Waals surface area contributed by atoms with Crippen molar-refractivity contribution in [2.45, 2.75) is 25.7 Å². The van der Waals surface area contributed by atoms with E-state index >= 15 is 0 Å². The van der Waals surface area contributed by atoms with E-state index in [0.717, 1.165) is 32.1 Å². The molecule has 1 aromatic heterocycles. The SMILES string of the molecule is C[C@H]1O[C@@H](c2nn(-c3ccc(Br)cc3)cc2-c2ccc(F)cc2)N(CCc2ccc3c(c2)=NC(=O)C=3)C1=O. The normalized spacial score (nSPS) is 18.4. The van der Waals surface area contributed by atoms with Crippen molar-refractivity contribution in [3.63, 3.8) is 0 Å². The van der Waals surface area contributed by atoms with Crippen molar-refractivity contribution in [2.75, 3.05) is 6.54 Å². The molecule has 2 aliphatic heterocycles. The van der Waals surface area contributed by atoms with Crippen LogP contribution in [0.3, 0.4) is 0 Å². The summed E-state index contributed by atoms with van der Waals surface area (Å²) in [5.41, 5.74) is 3.87. The fourth-order valence-electron chi connectivity index (χ4n) is 4.76. The zero-order valence-corrected chi connectivity index (χ0v) is 21.9. The van der Waals surface area contributed by atoms with Crippen LogP contribution in [-0.2, 0) is 20.7 Å². The molecule has 2 aliphatic rings. The van der Waals surface area contributed by atoms with E-state index in [1.807, 2.05) is 48.7 Å². The van der Waals surface area contributed by atoms with Gasteiger partial charge in [-0.05, 0) is 66.9 Å². The number of halogens is 2. The van der Waals surface area contributed by atoms with Crippen LogP contribution in [0.25, 0.3) is 22.9 Å². The van der Waals surface area contributed by atoms with Gasteiger partial charge in [0.15, 0.2) is 6.23 Å². The number of aromatic nitrogens is 2. The molecule has 6 rings (SSSR count). The van der Waals surface area contributed by atoms with Crippen molar-refractivity contribution in [2.24, 2.45) is 4.99 Å². The third-order valence-corrected chi connectivity index (χ3v) is 7.24. The van der Waals surface area contributed by atoms with E-state index in [1.165, 1.54) is 18.2 Å². The van der Waals surface area contributed by atoms with Crippen LogP contribution >= 0.6 is 15.9 Å². The van der Waals surface area contributed by atoms with Gasteiger partial charge in [0.2, 0.25) is 0 Å². The molecule has 4 aromatic rings. The minimum absolute atomic E-state index is 0.132. The number of carbonyl (C=O) groups excluding carboxylic acids is 2. The maximum absolute atomic E-state index is 13.7. The Bertz CT molecular complexity index is 1680. The molecular weight excluding hydrogens is 551 g/mol. The molecule has 3 heterocycles. The Hall–Kier alpha value is -3.95. The monoisotopic (exact) mass is 572 g/mol. The van der Waals surface area contributed by atoms with E-state index in [0.29, 0.717) is 24.0 Å². The average molecular weight is 573 g/mol. The zero-order valence-electron chi connectivity index (χ0n) is 20.3. The number of carbonyl (C=O) groups is 2. The molecule has 7 nitrogen and oxygen atoms in total. The first-order valence-electron chi connectivity index (χ1n) is 12.2. The van der Waals surface area contributed by atoms with Gasteiger partial charge in [-0.2, -0.15) is 5.10 Å². The predicted octanol–water partition coefficient (Wildman–Crippen LogP) is 3.87. The number of rotatable bonds is 6. The first-order chi connectivity index (χ1) is 18.4. The van der Waals surface area contributed by atoms with Gasteiger partial charge >= 0.3 is 0 Å². The minimum Gasteiger partial charge on any atom is -0.339 e. The van der Waals surface area contributed by atoms with E-state index in [4.69, 9.17) is 9.84 Å². The Morgan fingerprint density at radius 1 is 1.03 bits per heavy atom. The molecule has 2 atom stereocenters. The zero-order chi connectivity index (χ0) is 26.4. The van der Waals surface area contributed by atoms with Gasteiger partial charge in [-0.1, -0.05) is 40.2 Å². The van der Waals surface area contributed by atoms with Crippen LogP contribution in [0.1, 0.15) is 24.4 Å². The largest absolute Gasteiger partial charge is 0.339 e. The molecule has 1 saturated heterocycles. The van der Waals surface area contributed by atoms with E-state index in [1.54, 1.807) is 28.6 Å². The molecule has 0 N–H and O–H groups in total. The second-order valence-corrected chi connectivity index (χ2v) is 10.2. The molecule has 0 unspecified atom stereocenters. The maximum Gasteiger partial charge on any atom is 0.270 e. The lowest BCUT2D eigenvalue weighted by atomic mass is 10.0. The van der Waals surface area contributed by atoms with Crippen LogP contribution in [0.5, 0.6) is 0 Å². The second kappa shape index (κ2) is 9.74. The standard InChI is InChI=1S/C29H22BrFN4O3/c1-17-28(37)34(13-12-18-2-3-20-15-26(36)32-25(20)14-18)29(38-17)27-24(19-4-8-22(31)9-5-19)16-35(33-27)23-10-6-21(30)7-11-23/h2-11,14-17,29H,12-13H2,1H3/t17-,29+/m1/s1. The molecule has 0 radical (unpaired) electrons. The van der Waals surface area contributed by atoms with Gasteiger partial charge in [-0.25, -0.2) is 14.1 Å². The van der Waals surface area contributed by atoms with Crippen LogP contribution in [-0.4, -0.2) is 39.1 Å². The predicted molar refractivity (Wildman–Crippen MR) is 142 cm³/mol. The third-order valence-electron chi connectivity index (χ3n) is 6.72. The van der Waals surface area contributed by atoms with Gasteiger partial charge in [0.05, 0.1) is 11.0 Å². The quantitative estimate of drug-likeness (QED) is 0.351. The summed E-state index contributed by atoms with van der Waals surface area (Å²) >= 11 is 3.46. The lowest BCUT2D eigenvalue weighted by molar-refractivity contribution is -0.130. The summed E-state index contributed by atoms with van der Waals surface area (Å²) < 4.78 is 22.6. The van der Waals surface area contributed by atoms with Crippen molar-refractivity contribution in [3.8, 4) is 16.8 Å². The molecule has 0 aliphatic carbocycles. The first kappa shape index (κ1) is 24.4. The smallest absolute Gasteiger partial charge is 0.270 e. The lowest BCUT2D eigenvalue weighted by Crippen LogP contribution is -2.33. The van der Waals surface area contributed by atoms with Crippen molar-refractivity contribution < 1.29 is 18.7 Å². The first-order valence-corrected chi connectivity index (χ1v) is 13.0. The molecule has 190 valence electrons. The van der Waals surface area contributed by atoms with Crippen molar-refractivity contribution in [3.05, 3.63) is 105 Å². The molecule has 1 fully saturated rings. The van der Waals surface area contributed by atoms with Gasteiger partial charge in [0.1, 0.15) is 17.6 Å². The van der Waals surface area contributed by atoms with Crippen molar-refractivity contribution in [1.29, 1.82) is 0 Å². The summed E-state index contributed by atoms with van der Waals surface area (Å²) in [6.45, 7) is 2.12. The summed E-state index contributed by atoms with van der Waals surface area (Å²) in [5, 5.41) is 6.30. The van der Waals surface area contributed by atoms with Crippen LogP contribution < -0.4 is 10.6 Å². The number of benzene rings is 3. The summed E-state index contributed by atoms with van der Waals surface area (Å²) in [6.07, 6.45) is 2.57. The highest BCUT2D eigenvalue weighted by Gasteiger charge is 2.41. The van der Waals surface area contributed by atoms with Gasteiger partial charge < -0.3 is 9.64 Å². The third kappa shape index (κ3) is 4.59. The molecule has 3 aromatic carbocycles. The molecule has 2 amide bonds. The number of fused-ring (bicyclic) bond motifs is 1. The van der Waals surface area contributed by atoms with Gasteiger partial charge in [-0.15, -0.1) is 0 Å². The number of hydrogen-bond donors (Lipinski definition) is 0. The van der Waals surface area contributed by atoms with E-state index in [-0.39, 0.29) is 17.6 Å². The lowest BCUT2D eigenvalue weighted by Gasteiger charge is -2.22. The van der Waals surface area contributed by atoms with E-state index in [9.17, 15) is 14.0 Å². The minimum atomic E-state index is -0.719. The molecule has 0 spiro atoms. The van der Waals surface area contributed by atoms with Crippen LogP contribution in [0.15, 0.2) is 82.4 Å². The highest BCUT2D eigenvalue weighted by atomic mass is 79.9. The molecule has 0 saturated carbocycles. The summed E-state index contributed by atoms with van der Waals surface area (Å²) in [6, 6.07) is 19.6. The Morgan fingerprint density at radius 3 is 2.55 bits per heavy atom. The fourth-order valence-corrected chi connectivity index (χ4v) is 5.02. The highest BCUT2D eigenvalue weighted by Crippen LogP contribution is 2.37. The second-order valence-electron chi connectivity index (χ2n) is 9.26. The van der Waals surface area contributed by atoms with Gasteiger partial charge in [0.25, 0.3) is 11.8 Å². The van der Waals surface area contributed by atoms with Crippen molar-refractivity contribution >= 4 is 33.8 Å². The number of hydrogen-bond acceptors (Lipinski definition) is 4. The molecule has 0 bridgehead atoms. The number of amides is 2. The van der Waals surface area contributed by atoms with Gasteiger partial charge in [0, 0.05) is 34.1 Å². The van der Waals surface area contributed by atoms with Crippen LogP contribution in [0.2, 0.25) is 0 Å². The van der Waals surface area contributed by atoms with Gasteiger partial charge in [-0.3, -0.25) is 9.59 Å². The number of ether oxygens (including phenoxy) is 1. The van der Waals surface area contributed by atoms with E-state index in [2.05, 4.69) is 20.9 Å². The van der Waals surface area contributed by atoms with Crippen molar-refractivity contribution in [1.82, 2.24) is 14.7 Å². The summed E-state index contributed by atoms with van der Waals surface area (Å²) in [7, 11) is 0. The average Bonchev–Trinajstić information content (AvgIpc) is 3.58.